The second-order valence-electron chi connectivity index (χ2n) is 10.6. The predicted molar refractivity (Wildman–Crippen MR) is 126 cm³/mol. The van der Waals surface area contributed by atoms with Crippen LogP contribution in [0.2, 0.25) is 0 Å². The van der Waals surface area contributed by atoms with Crippen LogP contribution in [0.3, 0.4) is 0 Å². The molecule has 1 aliphatic rings. The number of para-hydroxylation sites is 1. The van der Waals surface area contributed by atoms with Gasteiger partial charge in [-0.2, -0.15) is 0 Å². The van der Waals surface area contributed by atoms with Crippen molar-refractivity contribution in [2.75, 3.05) is 4.90 Å². The van der Waals surface area contributed by atoms with E-state index < -0.39 is 0 Å². The molecule has 0 atom stereocenters. The summed E-state index contributed by atoms with van der Waals surface area (Å²) in [5, 5.41) is 9.17. The molecular weight excluding hydrogens is 384 g/mol. The Kier molecular flexibility index (Phi) is 5.24. The normalized spacial score (nSPS) is 13.7. The maximum Gasteiger partial charge on any atom is 0.227 e. The van der Waals surface area contributed by atoms with E-state index in [0.29, 0.717) is 13.0 Å². The van der Waals surface area contributed by atoms with Crippen LogP contribution in [0.5, 0.6) is 0 Å². The van der Waals surface area contributed by atoms with Gasteiger partial charge in [-0.05, 0) is 44.2 Å². The third-order valence-electron chi connectivity index (χ3n) is 5.75. The summed E-state index contributed by atoms with van der Waals surface area (Å²) in [6.45, 7) is 13.4. The molecular formula is C26H32N4O. The molecule has 0 saturated carbocycles. The highest BCUT2D eigenvalue weighted by Crippen LogP contribution is 2.42. The highest BCUT2D eigenvalue weighted by atomic mass is 16.2. The lowest BCUT2D eigenvalue weighted by Gasteiger charge is -2.31. The number of aromatic nitrogens is 3. The molecule has 1 amide bonds. The summed E-state index contributed by atoms with van der Waals surface area (Å²) in [7, 11) is 0. The van der Waals surface area contributed by atoms with Gasteiger partial charge in [-0.25, -0.2) is 4.68 Å². The van der Waals surface area contributed by atoms with Crippen LogP contribution in [0, 0.1) is 5.41 Å². The highest BCUT2D eigenvalue weighted by Gasteiger charge is 2.31. The fraction of sp³-hybridized carbons (Fsp3) is 0.423. The van der Waals surface area contributed by atoms with E-state index in [9.17, 15) is 4.79 Å². The molecule has 4 rings (SSSR count). The largest absolute Gasteiger partial charge is 0.307 e. The smallest absolute Gasteiger partial charge is 0.227 e. The van der Waals surface area contributed by atoms with Crippen LogP contribution >= 0.6 is 0 Å². The van der Waals surface area contributed by atoms with Crippen molar-refractivity contribution in [2.24, 2.45) is 5.41 Å². The Hall–Kier alpha value is -2.95. The molecule has 0 aliphatic carbocycles. The summed E-state index contributed by atoms with van der Waals surface area (Å²) >= 11 is 0. The van der Waals surface area contributed by atoms with Crippen molar-refractivity contribution in [2.45, 2.75) is 66.5 Å². The minimum Gasteiger partial charge on any atom is -0.307 e. The third kappa shape index (κ3) is 4.14. The Bertz CT molecular complexity index is 1110. The Labute approximate surface area is 185 Å². The average molecular weight is 417 g/mol. The average Bonchev–Trinajstić information content (AvgIpc) is 3.14. The molecule has 2 heterocycles. The van der Waals surface area contributed by atoms with Gasteiger partial charge < -0.3 is 4.90 Å². The van der Waals surface area contributed by atoms with E-state index in [1.165, 1.54) is 0 Å². The lowest BCUT2D eigenvalue weighted by atomic mass is 9.90. The molecule has 1 aromatic heterocycles. The number of amides is 1. The van der Waals surface area contributed by atoms with Gasteiger partial charge in [0.1, 0.15) is 5.69 Å². The summed E-state index contributed by atoms with van der Waals surface area (Å²) in [4.78, 5) is 15.4. The molecule has 31 heavy (non-hydrogen) atoms. The molecule has 0 bridgehead atoms. The van der Waals surface area contributed by atoms with Crippen LogP contribution in [0.25, 0.3) is 22.5 Å². The molecule has 162 valence electrons. The number of hydrogen-bond donors (Lipinski definition) is 0. The quantitative estimate of drug-likeness (QED) is 0.512. The molecule has 5 heteroatoms. The van der Waals surface area contributed by atoms with Gasteiger partial charge in [0, 0.05) is 17.5 Å². The van der Waals surface area contributed by atoms with Crippen LogP contribution in [0.4, 0.5) is 5.69 Å². The molecule has 0 spiro atoms. The monoisotopic (exact) mass is 416 g/mol. The second-order valence-corrected chi connectivity index (χ2v) is 10.6. The number of carbonyl (C=O) groups excluding carboxylic acids is 1. The van der Waals surface area contributed by atoms with Crippen LogP contribution in [0.15, 0.2) is 48.5 Å². The highest BCUT2D eigenvalue weighted by molar-refractivity contribution is 6.00. The second kappa shape index (κ2) is 7.63. The summed E-state index contributed by atoms with van der Waals surface area (Å²) in [6, 6.07) is 16.4. The van der Waals surface area contributed by atoms with Crippen LogP contribution in [-0.2, 0) is 16.9 Å². The first-order valence-corrected chi connectivity index (χ1v) is 11.0. The van der Waals surface area contributed by atoms with Crippen molar-refractivity contribution >= 4 is 11.6 Å². The van der Waals surface area contributed by atoms with Crippen molar-refractivity contribution in [3.8, 4) is 22.5 Å². The van der Waals surface area contributed by atoms with E-state index in [0.717, 1.165) is 40.2 Å². The summed E-state index contributed by atoms with van der Waals surface area (Å²) < 4.78 is 1.99. The number of benzene rings is 2. The zero-order valence-corrected chi connectivity index (χ0v) is 19.4. The first-order chi connectivity index (χ1) is 14.6. The maximum absolute atomic E-state index is 13.5. The van der Waals surface area contributed by atoms with Gasteiger partial charge in [0.2, 0.25) is 5.91 Å². The van der Waals surface area contributed by atoms with Gasteiger partial charge in [-0.3, -0.25) is 4.79 Å². The number of rotatable bonds is 2. The van der Waals surface area contributed by atoms with Gasteiger partial charge in [-0.15, -0.1) is 5.10 Å². The fourth-order valence-electron chi connectivity index (χ4n) is 4.07. The number of fused-ring (bicyclic) bond motifs is 5. The number of hydrogen-bond acceptors (Lipinski definition) is 3. The molecule has 0 radical (unpaired) electrons. The molecule has 0 fully saturated rings. The first kappa shape index (κ1) is 21.3. The molecule has 1 aliphatic heterocycles. The van der Waals surface area contributed by atoms with E-state index in [1.807, 2.05) is 39.9 Å². The topological polar surface area (TPSA) is 51.0 Å². The third-order valence-corrected chi connectivity index (χ3v) is 5.75. The summed E-state index contributed by atoms with van der Waals surface area (Å²) in [5.41, 5.74) is 5.74. The van der Waals surface area contributed by atoms with Crippen molar-refractivity contribution in [1.82, 2.24) is 15.0 Å². The Balaban J connectivity index is 1.94. The maximum atomic E-state index is 13.5. The van der Waals surface area contributed by atoms with E-state index in [2.05, 4.69) is 70.1 Å². The minimum absolute atomic E-state index is 0.109. The molecule has 0 N–H and O–H groups in total. The zero-order valence-electron chi connectivity index (χ0n) is 19.4. The van der Waals surface area contributed by atoms with E-state index in [1.54, 1.807) is 0 Å². The van der Waals surface area contributed by atoms with Crippen molar-refractivity contribution in [1.29, 1.82) is 0 Å². The lowest BCUT2D eigenvalue weighted by molar-refractivity contribution is -0.119. The van der Waals surface area contributed by atoms with E-state index in [4.69, 9.17) is 0 Å². The molecule has 2 aromatic carbocycles. The number of carbonyl (C=O) groups is 1. The van der Waals surface area contributed by atoms with Crippen molar-refractivity contribution < 1.29 is 4.79 Å². The Morgan fingerprint density at radius 2 is 1.58 bits per heavy atom. The standard InChI is InChI=1S/C26H32N4O/c1-25(2,3)16-15-22(31)29-17-18-11-7-8-12-19(18)23-24(20-13-9-10-14-21(20)29)30(28-27-23)26(4,5)6/h7-14H,15-17H2,1-6H3. The summed E-state index contributed by atoms with van der Waals surface area (Å²) in [6.07, 6.45) is 1.36. The van der Waals surface area contributed by atoms with Crippen LogP contribution in [-0.4, -0.2) is 20.9 Å². The van der Waals surface area contributed by atoms with Gasteiger partial charge in [0.05, 0.1) is 23.5 Å². The number of nitrogens with zero attached hydrogens (tertiary/aromatic N) is 4. The number of anilines is 1. The van der Waals surface area contributed by atoms with Gasteiger partial charge in [0.25, 0.3) is 0 Å². The van der Waals surface area contributed by atoms with Crippen LogP contribution in [0.1, 0.15) is 59.9 Å². The fourth-order valence-corrected chi connectivity index (χ4v) is 4.07. The van der Waals surface area contributed by atoms with Gasteiger partial charge in [-0.1, -0.05) is 68.4 Å². The minimum atomic E-state index is -0.247. The summed E-state index contributed by atoms with van der Waals surface area (Å²) in [5.74, 6) is 0.149. The molecule has 0 saturated heterocycles. The lowest BCUT2D eigenvalue weighted by Crippen LogP contribution is -2.33. The Morgan fingerprint density at radius 3 is 2.26 bits per heavy atom. The predicted octanol–water partition coefficient (Wildman–Crippen LogP) is 6.04. The SMILES string of the molecule is CC(C)(C)CCC(=O)N1Cc2ccccc2-c2nnn(C(C)(C)C)c2-c2ccccc21. The van der Waals surface area contributed by atoms with Crippen molar-refractivity contribution in [3.05, 3.63) is 54.1 Å². The Morgan fingerprint density at radius 1 is 0.935 bits per heavy atom. The van der Waals surface area contributed by atoms with Crippen LogP contribution < -0.4 is 4.90 Å². The molecule has 5 nitrogen and oxygen atoms in total. The van der Waals surface area contributed by atoms with Gasteiger partial charge in [0.15, 0.2) is 0 Å². The zero-order chi connectivity index (χ0) is 22.4. The molecule has 3 aromatic rings. The molecule has 0 unspecified atom stereocenters. The van der Waals surface area contributed by atoms with E-state index in [-0.39, 0.29) is 16.9 Å². The first-order valence-electron chi connectivity index (χ1n) is 11.0. The van der Waals surface area contributed by atoms with Gasteiger partial charge >= 0.3 is 0 Å². The van der Waals surface area contributed by atoms with E-state index >= 15 is 0 Å². The van der Waals surface area contributed by atoms with Crippen molar-refractivity contribution in [3.63, 3.8) is 0 Å².